The fraction of sp³-hybridized carbons (Fsp3) is 0.355. The van der Waals surface area contributed by atoms with Crippen LogP contribution in [0, 0.1) is 5.41 Å². The normalized spacial score (nSPS) is 15.8. The standard InChI is InChI=1S/C31H37N11O/c1-31(2,3)36-30(43)40-16-14-39(15-17-40)26(22-10-6-4-7-11-22)27(23-12-8-5-9-13-23)42-19-24(37-38-42)18-41-21-35-28(32)25-29(41)34-20-33-25/h4-13,19-21,26-27,32H,14-18H2,1-3H3,(H,33,34)(H,36,43). The lowest BCUT2D eigenvalue weighted by Crippen LogP contribution is -2.56. The van der Waals surface area contributed by atoms with Crippen LogP contribution in [0.3, 0.4) is 0 Å². The molecule has 222 valence electrons. The number of carbonyl (C=O) groups is 1. The van der Waals surface area contributed by atoms with Crippen molar-refractivity contribution in [1.29, 1.82) is 5.41 Å². The zero-order valence-electron chi connectivity index (χ0n) is 24.7. The maximum Gasteiger partial charge on any atom is 0.317 e. The highest BCUT2D eigenvalue weighted by Crippen LogP contribution is 2.37. The van der Waals surface area contributed by atoms with Crippen molar-refractivity contribution in [2.45, 2.75) is 44.9 Å². The highest BCUT2D eigenvalue weighted by Gasteiger charge is 2.35. The molecule has 1 aliphatic rings. The Morgan fingerprint density at radius 3 is 2.26 bits per heavy atom. The summed E-state index contributed by atoms with van der Waals surface area (Å²) in [6.07, 6.45) is 5.17. The summed E-state index contributed by atoms with van der Waals surface area (Å²) in [7, 11) is 0. The Morgan fingerprint density at radius 2 is 1.60 bits per heavy atom. The van der Waals surface area contributed by atoms with E-state index in [0.29, 0.717) is 30.8 Å². The van der Waals surface area contributed by atoms with Crippen LogP contribution in [0.25, 0.3) is 11.2 Å². The first-order chi connectivity index (χ1) is 20.8. The van der Waals surface area contributed by atoms with E-state index in [1.54, 1.807) is 12.7 Å². The molecule has 3 aromatic heterocycles. The van der Waals surface area contributed by atoms with Crippen molar-refractivity contribution in [3.8, 4) is 0 Å². The van der Waals surface area contributed by atoms with Crippen LogP contribution in [-0.2, 0) is 6.54 Å². The minimum Gasteiger partial charge on any atom is -0.340 e. The number of aromatic nitrogens is 7. The van der Waals surface area contributed by atoms with E-state index in [-0.39, 0.29) is 29.1 Å². The summed E-state index contributed by atoms with van der Waals surface area (Å²) in [5, 5.41) is 20.4. The van der Waals surface area contributed by atoms with E-state index in [1.807, 2.05) is 53.2 Å². The quantitative estimate of drug-likeness (QED) is 0.271. The maximum atomic E-state index is 12.9. The van der Waals surface area contributed by atoms with Gasteiger partial charge < -0.3 is 19.8 Å². The van der Waals surface area contributed by atoms with Gasteiger partial charge in [0.05, 0.1) is 37.5 Å². The molecule has 0 radical (unpaired) electrons. The molecule has 12 heteroatoms. The van der Waals surface area contributed by atoms with Gasteiger partial charge in [-0.15, -0.1) is 5.10 Å². The zero-order chi connectivity index (χ0) is 30.0. The Bertz CT molecular complexity index is 1730. The number of amides is 2. The van der Waals surface area contributed by atoms with E-state index in [9.17, 15) is 4.79 Å². The van der Waals surface area contributed by atoms with E-state index in [4.69, 9.17) is 5.41 Å². The molecule has 0 spiro atoms. The number of nitrogens with zero attached hydrogens (tertiary/aromatic N) is 8. The maximum absolute atomic E-state index is 12.9. The predicted octanol–water partition coefficient (Wildman–Crippen LogP) is 3.34. The molecule has 2 unspecified atom stereocenters. The topological polar surface area (TPSA) is 137 Å². The SMILES string of the molecule is CC(C)(C)NC(=O)N1CCN(C(c2ccccc2)C(c2ccccc2)n2cc(Cn3cnc(=N)c4[nH]cnc43)nn2)CC1. The number of piperazine rings is 1. The van der Waals surface area contributed by atoms with Gasteiger partial charge in [0, 0.05) is 31.7 Å². The molecular weight excluding hydrogens is 542 g/mol. The third-order valence-electron chi connectivity index (χ3n) is 7.69. The van der Waals surface area contributed by atoms with Gasteiger partial charge in [-0.3, -0.25) is 10.3 Å². The molecule has 0 bridgehead atoms. The number of fused-ring (bicyclic) bond motifs is 1. The van der Waals surface area contributed by atoms with Crippen molar-refractivity contribution in [3.63, 3.8) is 0 Å². The van der Waals surface area contributed by atoms with Crippen molar-refractivity contribution in [2.75, 3.05) is 26.2 Å². The number of rotatable bonds is 7. The van der Waals surface area contributed by atoms with Crippen LogP contribution < -0.4 is 10.8 Å². The van der Waals surface area contributed by atoms with Gasteiger partial charge in [-0.05, 0) is 31.9 Å². The van der Waals surface area contributed by atoms with Crippen molar-refractivity contribution in [3.05, 3.63) is 102 Å². The van der Waals surface area contributed by atoms with Crippen molar-refractivity contribution in [2.24, 2.45) is 0 Å². The predicted molar refractivity (Wildman–Crippen MR) is 162 cm³/mol. The number of carbonyl (C=O) groups excluding carboxylic acids is 1. The van der Waals surface area contributed by atoms with Gasteiger partial charge in [0.25, 0.3) is 0 Å². The first-order valence-electron chi connectivity index (χ1n) is 14.5. The summed E-state index contributed by atoms with van der Waals surface area (Å²) in [6, 6.07) is 20.6. The Labute approximate surface area is 249 Å². The highest BCUT2D eigenvalue weighted by molar-refractivity contribution is 5.75. The molecule has 1 fully saturated rings. The first-order valence-corrected chi connectivity index (χ1v) is 14.5. The molecule has 6 rings (SSSR count). The molecule has 3 N–H and O–H groups in total. The van der Waals surface area contributed by atoms with Gasteiger partial charge in [0.15, 0.2) is 11.1 Å². The molecule has 0 saturated carbocycles. The van der Waals surface area contributed by atoms with Crippen molar-refractivity contribution >= 4 is 17.2 Å². The summed E-state index contributed by atoms with van der Waals surface area (Å²) < 4.78 is 3.82. The van der Waals surface area contributed by atoms with Crippen LogP contribution in [0.5, 0.6) is 0 Å². The number of urea groups is 1. The summed E-state index contributed by atoms with van der Waals surface area (Å²) in [5.41, 5.74) is 4.13. The van der Waals surface area contributed by atoms with E-state index in [1.165, 1.54) is 5.56 Å². The van der Waals surface area contributed by atoms with Gasteiger partial charge >= 0.3 is 6.03 Å². The lowest BCUT2D eigenvalue weighted by Gasteiger charge is -2.43. The fourth-order valence-electron chi connectivity index (χ4n) is 5.71. The number of aromatic amines is 1. The molecular formula is C31H37N11O. The molecule has 43 heavy (non-hydrogen) atoms. The molecule has 2 aromatic carbocycles. The molecule has 2 amide bonds. The van der Waals surface area contributed by atoms with Crippen molar-refractivity contribution < 1.29 is 4.79 Å². The summed E-state index contributed by atoms with van der Waals surface area (Å²) in [6.45, 7) is 9.12. The lowest BCUT2D eigenvalue weighted by molar-refractivity contribution is 0.0856. The molecule has 1 saturated heterocycles. The van der Waals surface area contributed by atoms with E-state index >= 15 is 0 Å². The van der Waals surface area contributed by atoms with Gasteiger partial charge in [0.1, 0.15) is 11.2 Å². The molecule has 5 aromatic rings. The molecule has 2 atom stereocenters. The van der Waals surface area contributed by atoms with Crippen LogP contribution in [0.2, 0.25) is 0 Å². The van der Waals surface area contributed by atoms with E-state index < -0.39 is 0 Å². The number of hydrogen-bond donors (Lipinski definition) is 3. The van der Waals surface area contributed by atoms with Crippen LogP contribution in [0.1, 0.15) is 49.7 Å². The second kappa shape index (κ2) is 11.8. The number of hydrogen-bond acceptors (Lipinski definition) is 7. The highest BCUT2D eigenvalue weighted by atomic mass is 16.2. The Kier molecular flexibility index (Phi) is 7.76. The lowest BCUT2D eigenvalue weighted by atomic mass is 9.91. The van der Waals surface area contributed by atoms with E-state index in [0.717, 1.165) is 24.3 Å². The summed E-state index contributed by atoms with van der Waals surface area (Å²) in [5.74, 6) is 0. The van der Waals surface area contributed by atoms with Gasteiger partial charge in [0.2, 0.25) is 0 Å². The van der Waals surface area contributed by atoms with Gasteiger partial charge in [-0.1, -0.05) is 65.9 Å². The van der Waals surface area contributed by atoms with E-state index in [2.05, 4.69) is 84.0 Å². The van der Waals surface area contributed by atoms with Crippen LogP contribution >= 0.6 is 0 Å². The monoisotopic (exact) mass is 579 g/mol. The van der Waals surface area contributed by atoms with Gasteiger partial charge in [-0.25, -0.2) is 19.4 Å². The zero-order valence-corrected chi connectivity index (χ0v) is 24.7. The minimum absolute atomic E-state index is 0.0274. The minimum atomic E-state index is -0.287. The Morgan fingerprint density at radius 1 is 0.953 bits per heavy atom. The average Bonchev–Trinajstić information content (AvgIpc) is 3.68. The Hall–Kier alpha value is -4.84. The third kappa shape index (κ3) is 6.19. The van der Waals surface area contributed by atoms with Crippen LogP contribution in [0.15, 0.2) is 79.5 Å². The second-order valence-electron chi connectivity index (χ2n) is 11.9. The van der Waals surface area contributed by atoms with Crippen LogP contribution in [0.4, 0.5) is 4.79 Å². The van der Waals surface area contributed by atoms with Gasteiger partial charge in [-0.2, -0.15) is 0 Å². The molecule has 4 heterocycles. The molecule has 0 aliphatic carbocycles. The second-order valence-corrected chi connectivity index (χ2v) is 11.9. The fourth-order valence-corrected chi connectivity index (χ4v) is 5.71. The largest absolute Gasteiger partial charge is 0.340 e. The molecule has 1 aliphatic heterocycles. The number of imidazole rings is 1. The Balaban J connectivity index is 1.33. The first kappa shape index (κ1) is 28.3. The average molecular weight is 580 g/mol. The smallest absolute Gasteiger partial charge is 0.317 e. The summed E-state index contributed by atoms with van der Waals surface area (Å²) in [4.78, 5) is 28.9. The number of H-pyrrole nitrogens is 1. The van der Waals surface area contributed by atoms with Crippen LogP contribution in [-0.4, -0.2) is 82.1 Å². The molecule has 12 nitrogen and oxygen atoms in total. The number of nitrogens with one attached hydrogen (secondary N) is 3. The third-order valence-corrected chi connectivity index (χ3v) is 7.69. The number of benzene rings is 2. The van der Waals surface area contributed by atoms with Crippen molar-refractivity contribution in [1.82, 2.24) is 49.6 Å². The summed E-state index contributed by atoms with van der Waals surface area (Å²) >= 11 is 0.